The third-order valence-electron chi connectivity index (χ3n) is 1.42. The van der Waals surface area contributed by atoms with Gasteiger partial charge in [-0.1, -0.05) is 0 Å². The third-order valence-corrected chi connectivity index (χ3v) is 2.08. The van der Waals surface area contributed by atoms with Gasteiger partial charge in [-0.15, -0.1) is 0 Å². The SMILES string of the molecule is Nc1c(Br)cc(O)cc1C(F)(F)F. The molecule has 1 aromatic rings. The highest BCUT2D eigenvalue weighted by atomic mass is 79.9. The topological polar surface area (TPSA) is 46.2 Å². The van der Waals surface area contributed by atoms with Gasteiger partial charge in [0, 0.05) is 4.47 Å². The molecule has 0 fully saturated rings. The van der Waals surface area contributed by atoms with E-state index in [-0.39, 0.29) is 4.47 Å². The van der Waals surface area contributed by atoms with E-state index in [0.29, 0.717) is 6.07 Å². The second-order valence-electron chi connectivity index (χ2n) is 2.39. The molecule has 0 unspecified atom stereocenters. The van der Waals surface area contributed by atoms with E-state index in [1.54, 1.807) is 0 Å². The Morgan fingerprint density at radius 2 is 1.85 bits per heavy atom. The molecule has 0 radical (unpaired) electrons. The van der Waals surface area contributed by atoms with Crippen LogP contribution in [0.15, 0.2) is 16.6 Å². The maximum atomic E-state index is 12.2. The summed E-state index contributed by atoms with van der Waals surface area (Å²) in [5.74, 6) is -0.478. The average molecular weight is 256 g/mol. The lowest BCUT2D eigenvalue weighted by molar-refractivity contribution is -0.137. The Labute approximate surface area is 80.3 Å². The summed E-state index contributed by atoms with van der Waals surface area (Å²) in [4.78, 5) is 0. The first-order chi connectivity index (χ1) is 5.82. The van der Waals surface area contributed by atoms with Gasteiger partial charge in [0.2, 0.25) is 0 Å². The fourth-order valence-corrected chi connectivity index (χ4v) is 1.29. The van der Waals surface area contributed by atoms with Crippen LogP contribution in [0.4, 0.5) is 18.9 Å². The van der Waals surface area contributed by atoms with Gasteiger partial charge in [-0.3, -0.25) is 0 Å². The maximum absolute atomic E-state index is 12.2. The fourth-order valence-electron chi connectivity index (χ4n) is 0.838. The summed E-state index contributed by atoms with van der Waals surface area (Å²) in [5, 5.41) is 8.90. The average Bonchev–Trinajstić information content (AvgIpc) is 1.94. The number of alkyl halides is 3. The van der Waals surface area contributed by atoms with Gasteiger partial charge in [-0.2, -0.15) is 13.2 Å². The van der Waals surface area contributed by atoms with Crippen molar-refractivity contribution in [1.82, 2.24) is 0 Å². The van der Waals surface area contributed by atoms with Crippen LogP contribution in [0.25, 0.3) is 0 Å². The normalized spacial score (nSPS) is 11.7. The Hall–Kier alpha value is -0.910. The van der Waals surface area contributed by atoms with Crippen molar-refractivity contribution in [2.45, 2.75) is 6.18 Å². The van der Waals surface area contributed by atoms with Crippen LogP contribution in [-0.2, 0) is 6.18 Å². The number of nitrogen functional groups attached to an aromatic ring is 1. The molecule has 0 saturated carbocycles. The first kappa shape index (κ1) is 10.2. The van der Waals surface area contributed by atoms with Crippen molar-refractivity contribution < 1.29 is 18.3 Å². The van der Waals surface area contributed by atoms with Crippen LogP contribution in [0.3, 0.4) is 0 Å². The third kappa shape index (κ3) is 2.06. The van der Waals surface area contributed by atoms with Gasteiger partial charge in [0.1, 0.15) is 5.75 Å². The van der Waals surface area contributed by atoms with Gasteiger partial charge in [-0.25, -0.2) is 0 Å². The molecule has 0 heterocycles. The minimum Gasteiger partial charge on any atom is -0.508 e. The number of halogens is 4. The van der Waals surface area contributed by atoms with E-state index >= 15 is 0 Å². The highest BCUT2D eigenvalue weighted by Gasteiger charge is 2.34. The monoisotopic (exact) mass is 255 g/mol. The maximum Gasteiger partial charge on any atom is 0.418 e. The molecule has 0 aliphatic heterocycles. The molecule has 0 amide bonds. The summed E-state index contributed by atoms with van der Waals surface area (Å²) >= 11 is 2.80. The minimum absolute atomic E-state index is 0.0276. The number of anilines is 1. The molecular weight excluding hydrogens is 251 g/mol. The molecule has 0 aliphatic rings. The number of hydrogen-bond acceptors (Lipinski definition) is 2. The van der Waals surface area contributed by atoms with Crippen molar-refractivity contribution in [2.24, 2.45) is 0 Å². The van der Waals surface area contributed by atoms with Gasteiger partial charge in [0.25, 0.3) is 0 Å². The summed E-state index contributed by atoms with van der Waals surface area (Å²) in [6.07, 6.45) is -4.55. The molecule has 6 heteroatoms. The predicted octanol–water partition coefficient (Wildman–Crippen LogP) is 2.76. The molecular formula is C7H5BrF3NO. The number of hydrogen-bond donors (Lipinski definition) is 2. The van der Waals surface area contributed by atoms with Gasteiger partial charge in [0.15, 0.2) is 0 Å². The van der Waals surface area contributed by atoms with Crippen LogP contribution in [0, 0.1) is 0 Å². The summed E-state index contributed by atoms with van der Waals surface area (Å²) in [7, 11) is 0. The van der Waals surface area contributed by atoms with Crippen molar-refractivity contribution in [3.05, 3.63) is 22.2 Å². The minimum atomic E-state index is -4.55. The van der Waals surface area contributed by atoms with Crippen LogP contribution in [0.2, 0.25) is 0 Å². The fraction of sp³-hybridized carbons (Fsp3) is 0.143. The van der Waals surface area contributed by atoms with E-state index < -0.39 is 23.2 Å². The lowest BCUT2D eigenvalue weighted by Crippen LogP contribution is -2.09. The van der Waals surface area contributed by atoms with Crippen LogP contribution in [-0.4, -0.2) is 5.11 Å². The first-order valence-electron chi connectivity index (χ1n) is 3.17. The van der Waals surface area contributed by atoms with E-state index in [0.717, 1.165) is 6.07 Å². The van der Waals surface area contributed by atoms with Crippen LogP contribution >= 0.6 is 15.9 Å². The first-order valence-corrected chi connectivity index (χ1v) is 3.97. The highest BCUT2D eigenvalue weighted by Crippen LogP contribution is 2.39. The van der Waals surface area contributed by atoms with Crippen molar-refractivity contribution >= 4 is 21.6 Å². The molecule has 2 nitrogen and oxygen atoms in total. The molecule has 13 heavy (non-hydrogen) atoms. The Kier molecular flexibility index (Phi) is 2.42. The summed E-state index contributed by atoms with van der Waals surface area (Å²) in [5.41, 5.74) is 3.69. The van der Waals surface area contributed by atoms with E-state index in [9.17, 15) is 13.2 Å². The number of aromatic hydroxyl groups is 1. The Bertz CT molecular complexity index is 337. The largest absolute Gasteiger partial charge is 0.508 e. The van der Waals surface area contributed by atoms with E-state index in [4.69, 9.17) is 10.8 Å². The smallest absolute Gasteiger partial charge is 0.418 e. The van der Waals surface area contributed by atoms with Crippen molar-refractivity contribution in [3.63, 3.8) is 0 Å². The Morgan fingerprint density at radius 1 is 1.31 bits per heavy atom. The molecule has 1 aromatic carbocycles. The van der Waals surface area contributed by atoms with E-state index in [1.165, 1.54) is 0 Å². The molecule has 0 aromatic heterocycles. The zero-order valence-electron chi connectivity index (χ0n) is 6.19. The van der Waals surface area contributed by atoms with Crippen molar-refractivity contribution in [3.8, 4) is 5.75 Å². The molecule has 3 N–H and O–H groups in total. The van der Waals surface area contributed by atoms with Crippen LogP contribution < -0.4 is 5.73 Å². The lowest BCUT2D eigenvalue weighted by Gasteiger charge is -2.11. The number of rotatable bonds is 0. The summed E-state index contributed by atoms with van der Waals surface area (Å²) < 4.78 is 36.6. The molecule has 0 saturated heterocycles. The number of benzene rings is 1. The number of phenolic OH excluding ortho intramolecular Hbond substituents is 1. The van der Waals surface area contributed by atoms with Gasteiger partial charge >= 0.3 is 6.18 Å². The number of nitrogens with two attached hydrogens (primary N) is 1. The standard InChI is InChI=1S/C7H5BrF3NO/c8-5-2-3(13)1-4(6(5)12)7(9,10)11/h1-2,13H,12H2. The zero-order chi connectivity index (χ0) is 10.2. The summed E-state index contributed by atoms with van der Waals surface area (Å²) in [6, 6.07) is 1.69. The van der Waals surface area contributed by atoms with E-state index in [2.05, 4.69) is 15.9 Å². The van der Waals surface area contributed by atoms with Crippen LogP contribution in [0.5, 0.6) is 5.75 Å². The van der Waals surface area contributed by atoms with E-state index in [1.807, 2.05) is 0 Å². The van der Waals surface area contributed by atoms with Gasteiger partial charge in [-0.05, 0) is 28.1 Å². The molecule has 0 aliphatic carbocycles. The second-order valence-corrected chi connectivity index (χ2v) is 3.24. The zero-order valence-corrected chi connectivity index (χ0v) is 7.78. The highest BCUT2D eigenvalue weighted by molar-refractivity contribution is 9.10. The molecule has 1 rings (SSSR count). The molecule has 0 bridgehead atoms. The van der Waals surface area contributed by atoms with Crippen molar-refractivity contribution in [2.75, 3.05) is 5.73 Å². The van der Waals surface area contributed by atoms with Crippen molar-refractivity contribution in [1.29, 1.82) is 0 Å². The van der Waals surface area contributed by atoms with Crippen LogP contribution in [0.1, 0.15) is 5.56 Å². The molecule has 0 atom stereocenters. The molecule has 0 spiro atoms. The van der Waals surface area contributed by atoms with Gasteiger partial charge < -0.3 is 10.8 Å². The number of phenols is 1. The Morgan fingerprint density at radius 3 is 2.31 bits per heavy atom. The predicted molar refractivity (Wildman–Crippen MR) is 45.2 cm³/mol. The second kappa shape index (κ2) is 3.10. The molecule has 72 valence electrons. The quantitative estimate of drug-likeness (QED) is 0.553. The lowest BCUT2D eigenvalue weighted by atomic mass is 10.1. The Balaban J connectivity index is 3.37. The summed E-state index contributed by atoms with van der Waals surface area (Å²) in [6.45, 7) is 0. The van der Waals surface area contributed by atoms with Gasteiger partial charge in [0.05, 0.1) is 11.3 Å².